The molecule has 0 saturated heterocycles. The first-order chi connectivity index (χ1) is 8.07. The van der Waals surface area contributed by atoms with Crippen LogP contribution in [0.25, 0.3) is 0 Å². The van der Waals surface area contributed by atoms with Crippen LogP contribution in [0.1, 0.15) is 24.8 Å². The number of nitrogens with one attached hydrogen (secondary N) is 1. The van der Waals surface area contributed by atoms with E-state index < -0.39 is 5.60 Å². The molecule has 3 nitrogen and oxygen atoms in total. The lowest BCUT2D eigenvalue weighted by molar-refractivity contribution is -0.122. The second-order valence-corrected chi connectivity index (χ2v) is 4.66. The summed E-state index contributed by atoms with van der Waals surface area (Å²) in [7, 11) is 0. The van der Waals surface area contributed by atoms with Gasteiger partial charge in [-0.2, -0.15) is 0 Å². The molecule has 1 fully saturated rings. The normalized spacial score (nSPS) is 17.3. The fraction of sp³-hybridized carbons (Fsp3) is 0.462. The maximum Gasteiger partial charge on any atom is 0.224 e. The number of amides is 1. The molecular formula is C13H16FNO2. The third-order valence-electron chi connectivity index (χ3n) is 3.18. The Kier molecular flexibility index (Phi) is 3.43. The number of carbonyl (C=O) groups is 1. The lowest BCUT2D eigenvalue weighted by Crippen LogP contribution is -2.48. The fourth-order valence-electron chi connectivity index (χ4n) is 1.87. The summed E-state index contributed by atoms with van der Waals surface area (Å²) in [5.41, 5.74) is 0.0721. The molecule has 1 aromatic rings. The largest absolute Gasteiger partial charge is 0.388 e. The van der Waals surface area contributed by atoms with E-state index in [4.69, 9.17) is 0 Å². The van der Waals surface area contributed by atoms with Gasteiger partial charge in [0.15, 0.2) is 0 Å². The third-order valence-corrected chi connectivity index (χ3v) is 3.18. The maximum absolute atomic E-state index is 12.6. The summed E-state index contributed by atoms with van der Waals surface area (Å²) in [6, 6.07) is 5.85. The summed E-state index contributed by atoms with van der Waals surface area (Å²) in [5.74, 6) is -0.449. The van der Waals surface area contributed by atoms with E-state index in [0.717, 1.165) is 24.8 Å². The molecule has 1 aliphatic carbocycles. The first kappa shape index (κ1) is 12.0. The van der Waals surface area contributed by atoms with Crippen molar-refractivity contribution in [1.29, 1.82) is 0 Å². The molecule has 0 aromatic heterocycles. The Morgan fingerprint density at radius 2 is 2.00 bits per heavy atom. The summed E-state index contributed by atoms with van der Waals surface area (Å²) in [4.78, 5) is 11.6. The summed E-state index contributed by atoms with van der Waals surface area (Å²) >= 11 is 0. The van der Waals surface area contributed by atoms with Gasteiger partial charge in [-0.3, -0.25) is 4.79 Å². The molecule has 0 bridgehead atoms. The molecule has 0 radical (unpaired) electrons. The molecule has 92 valence electrons. The van der Waals surface area contributed by atoms with Gasteiger partial charge in [0.1, 0.15) is 5.82 Å². The van der Waals surface area contributed by atoms with E-state index in [1.807, 2.05) is 0 Å². The van der Waals surface area contributed by atoms with Crippen LogP contribution in [-0.4, -0.2) is 23.2 Å². The van der Waals surface area contributed by atoms with E-state index in [1.165, 1.54) is 12.1 Å². The van der Waals surface area contributed by atoms with Crippen LogP contribution in [0.4, 0.5) is 4.39 Å². The molecule has 0 aliphatic heterocycles. The van der Waals surface area contributed by atoms with Gasteiger partial charge in [0.2, 0.25) is 5.91 Å². The van der Waals surface area contributed by atoms with E-state index in [9.17, 15) is 14.3 Å². The van der Waals surface area contributed by atoms with Crippen LogP contribution in [0, 0.1) is 5.82 Å². The molecule has 17 heavy (non-hydrogen) atoms. The number of aliphatic hydroxyl groups is 1. The highest BCUT2D eigenvalue weighted by Crippen LogP contribution is 2.30. The van der Waals surface area contributed by atoms with Crippen LogP contribution in [0.15, 0.2) is 24.3 Å². The molecule has 2 N–H and O–H groups in total. The SMILES string of the molecule is O=C(Cc1ccc(F)cc1)NCC1(O)CCC1. The van der Waals surface area contributed by atoms with Crippen molar-refractivity contribution in [2.45, 2.75) is 31.3 Å². The number of rotatable bonds is 4. The van der Waals surface area contributed by atoms with Gasteiger partial charge in [-0.05, 0) is 37.0 Å². The predicted molar refractivity (Wildman–Crippen MR) is 61.9 cm³/mol. The van der Waals surface area contributed by atoms with Gasteiger partial charge in [0.05, 0.1) is 12.0 Å². The molecule has 0 heterocycles. The quantitative estimate of drug-likeness (QED) is 0.831. The first-order valence-electron chi connectivity index (χ1n) is 5.81. The second kappa shape index (κ2) is 4.84. The van der Waals surface area contributed by atoms with Crippen molar-refractivity contribution in [3.63, 3.8) is 0 Å². The monoisotopic (exact) mass is 237 g/mol. The van der Waals surface area contributed by atoms with Crippen molar-refractivity contribution in [1.82, 2.24) is 5.32 Å². The van der Waals surface area contributed by atoms with Crippen molar-refractivity contribution in [2.75, 3.05) is 6.54 Å². The van der Waals surface area contributed by atoms with Crippen LogP contribution in [0.2, 0.25) is 0 Å². The lowest BCUT2D eigenvalue weighted by Gasteiger charge is -2.36. The Morgan fingerprint density at radius 3 is 2.53 bits per heavy atom. The zero-order valence-corrected chi connectivity index (χ0v) is 9.58. The van der Waals surface area contributed by atoms with Crippen molar-refractivity contribution in [3.05, 3.63) is 35.6 Å². The average molecular weight is 237 g/mol. The zero-order chi connectivity index (χ0) is 12.3. The van der Waals surface area contributed by atoms with Gasteiger partial charge in [-0.1, -0.05) is 12.1 Å². The van der Waals surface area contributed by atoms with Crippen LogP contribution >= 0.6 is 0 Å². The fourth-order valence-corrected chi connectivity index (χ4v) is 1.87. The van der Waals surface area contributed by atoms with Crippen molar-refractivity contribution in [2.24, 2.45) is 0 Å². The number of hydrogen-bond donors (Lipinski definition) is 2. The third kappa shape index (κ3) is 3.27. The predicted octanol–water partition coefficient (Wildman–Crippen LogP) is 1.40. The molecule has 1 saturated carbocycles. The molecule has 1 aliphatic rings. The van der Waals surface area contributed by atoms with E-state index >= 15 is 0 Å². The molecule has 4 heteroatoms. The summed E-state index contributed by atoms with van der Waals surface area (Å²) < 4.78 is 12.6. The van der Waals surface area contributed by atoms with Gasteiger partial charge >= 0.3 is 0 Å². The second-order valence-electron chi connectivity index (χ2n) is 4.66. The zero-order valence-electron chi connectivity index (χ0n) is 9.58. The van der Waals surface area contributed by atoms with E-state index in [2.05, 4.69) is 5.32 Å². The molecule has 0 spiro atoms. The number of carbonyl (C=O) groups excluding carboxylic acids is 1. The summed E-state index contributed by atoms with van der Waals surface area (Å²) in [5, 5.41) is 12.5. The van der Waals surface area contributed by atoms with E-state index in [1.54, 1.807) is 12.1 Å². The smallest absolute Gasteiger partial charge is 0.224 e. The Labute approximate surface area is 99.7 Å². The lowest BCUT2D eigenvalue weighted by atomic mass is 9.80. The van der Waals surface area contributed by atoms with E-state index in [0.29, 0.717) is 6.54 Å². The summed E-state index contributed by atoms with van der Waals surface area (Å²) in [6.45, 7) is 0.313. The highest BCUT2D eigenvalue weighted by molar-refractivity contribution is 5.78. The standard InChI is InChI=1S/C13H16FNO2/c14-11-4-2-10(3-5-11)8-12(16)15-9-13(17)6-1-7-13/h2-5,17H,1,6-9H2,(H,15,16). The minimum atomic E-state index is -0.696. The first-order valence-corrected chi connectivity index (χ1v) is 5.81. The number of hydrogen-bond acceptors (Lipinski definition) is 2. The van der Waals surface area contributed by atoms with Crippen molar-refractivity contribution >= 4 is 5.91 Å². The number of benzene rings is 1. The number of halogens is 1. The minimum Gasteiger partial charge on any atom is -0.388 e. The van der Waals surface area contributed by atoms with Crippen LogP contribution in [-0.2, 0) is 11.2 Å². The topological polar surface area (TPSA) is 49.3 Å². The van der Waals surface area contributed by atoms with Crippen molar-refractivity contribution in [3.8, 4) is 0 Å². The van der Waals surface area contributed by atoms with Gasteiger partial charge in [-0.25, -0.2) is 4.39 Å². The minimum absolute atomic E-state index is 0.142. The highest BCUT2D eigenvalue weighted by atomic mass is 19.1. The highest BCUT2D eigenvalue weighted by Gasteiger charge is 2.34. The molecule has 0 unspecified atom stereocenters. The summed E-state index contributed by atoms with van der Waals surface area (Å²) in [6.07, 6.45) is 2.74. The molecule has 1 amide bonds. The molecule has 2 rings (SSSR count). The Balaban J connectivity index is 1.79. The van der Waals surface area contributed by atoms with Crippen LogP contribution in [0.3, 0.4) is 0 Å². The van der Waals surface area contributed by atoms with Crippen LogP contribution in [0.5, 0.6) is 0 Å². The average Bonchev–Trinajstić information content (AvgIpc) is 2.27. The molecule has 1 aromatic carbocycles. The maximum atomic E-state index is 12.6. The van der Waals surface area contributed by atoms with Gasteiger partial charge < -0.3 is 10.4 Å². The Hall–Kier alpha value is -1.42. The van der Waals surface area contributed by atoms with Gasteiger partial charge in [0.25, 0.3) is 0 Å². The van der Waals surface area contributed by atoms with Crippen molar-refractivity contribution < 1.29 is 14.3 Å². The Bertz CT molecular complexity index is 398. The Morgan fingerprint density at radius 1 is 1.35 bits per heavy atom. The van der Waals surface area contributed by atoms with Gasteiger partial charge in [0, 0.05) is 6.54 Å². The van der Waals surface area contributed by atoms with Gasteiger partial charge in [-0.15, -0.1) is 0 Å². The van der Waals surface area contributed by atoms with Crippen LogP contribution < -0.4 is 5.32 Å². The molecule has 0 atom stereocenters. The van der Waals surface area contributed by atoms with E-state index in [-0.39, 0.29) is 18.1 Å². The molecular weight excluding hydrogens is 221 g/mol.